The molecule has 0 bridgehead atoms. The summed E-state index contributed by atoms with van der Waals surface area (Å²) in [4.78, 5) is 24.4. The summed E-state index contributed by atoms with van der Waals surface area (Å²) in [5.74, 6) is -1.13. The highest BCUT2D eigenvalue weighted by Crippen LogP contribution is 2.19. The maximum atomic E-state index is 12.3. The van der Waals surface area contributed by atoms with Crippen LogP contribution in [0.2, 0.25) is 0 Å². The van der Waals surface area contributed by atoms with Gasteiger partial charge in [0.1, 0.15) is 0 Å². The Hall–Kier alpha value is -1.88. The molecule has 5 nitrogen and oxygen atoms in total. The quantitative estimate of drug-likeness (QED) is 0.814. The molecule has 0 aromatic heterocycles. The zero-order chi connectivity index (χ0) is 14.3. The maximum Gasteiger partial charge on any atom is 0.305 e. The average molecular weight is 265 g/mol. The number of methoxy groups -OCH3 is 1. The Bertz CT molecular complexity index is 419. The van der Waals surface area contributed by atoms with Gasteiger partial charge in [-0.3, -0.25) is 9.59 Å². The van der Waals surface area contributed by atoms with E-state index in [1.165, 1.54) is 12.0 Å². The van der Waals surface area contributed by atoms with E-state index in [-0.39, 0.29) is 18.9 Å². The second-order valence-electron chi connectivity index (χ2n) is 4.09. The number of hydrogen-bond acceptors (Lipinski definition) is 3. The van der Waals surface area contributed by atoms with Crippen LogP contribution in [0.1, 0.15) is 25.0 Å². The second-order valence-corrected chi connectivity index (χ2v) is 4.09. The van der Waals surface area contributed by atoms with E-state index in [4.69, 9.17) is 9.84 Å². The van der Waals surface area contributed by atoms with E-state index in [9.17, 15) is 9.59 Å². The monoisotopic (exact) mass is 265 g/mol. The zero-order valence-electron chi connectivity index (χ0n) is 11.2. The summed E-state index contributed by atoms with van der Waals surface area (Å²) >= 11 is 0. The number of benzene rings is 1. The number of aliphatic carboxylic acids is 1. The smallest absolute Gasteiger partial charge is 0.305 e. The largest absolute Gasteiger partial charge is 0.481 e. The van der Waals surface area contributed by atoms with Gasteiger partial charge in [0.2, 0.25) is 0 Å². The molecule has 1 aromatic rings. The van der Waals surface area contributed by atoms with E-state index >= 15 is 0 Å². The van der Waals surface area contributed by atoms with Gasteiger partial charge in [0.05, 0.1) is 6.42 Å². The van der Waals surface area contributed by atoms with Crippen LogP contribution in [-0.4, -0.2) is 42.1 Å². The predicted octanol–water partition coefficient (Wildman–Crippen LogP) is 1.70. The van der Waals surface area contributed by atoms with Gasteiger partial charge in [0.15, 0.2) is 6.10 Å². The standard InChI is InChI=1S/C14H19NO4/c1-3-15(10-9-12(16)17)14(18)13(19-2)11-7-5-4-6-8-11/h4-8,13H,3,9-10H2,1-2H3,(H,16,17). The Morgan fingerprint density at radius 1 is 1.32 bits per heavy atom. The molecule has 0 saturated carbocycles. The van der Waals surface area contributed by atoms with Gasteiger partial charge in [-0.15, -0.1) is 0 Å². The number of carboxylic acids is 1. The number of rotatable bonds is 7. The van der Waals surface area contributed by atoms with Crippen LogP contribution in [0.3, 0.4) is 0 Å². The number of likely N-dealkylation sites (N-methyl/N-ethyl adjacent to an activating group) is 1. The third-order valence-electron chi connectivity index (χ3n) is 2.85. The van der Waals surface area contributed by atoms with Gasteiger partial charge < -0.3 is 14.7 Å². The fourth-order valence-corrected chi connectivity index (χ4v) is 1.83. The molecule has 0 spiro atoms. The van der Waals surface area contributed by atoms with E-state index in [1.807, 2.05) is 37.3 Å². The maximum absolute atomic E-state index is 12.3. The minimum Gasteiger partial charge on any atom is -0.481 e. The van der Waals surface area contributed by atoms with Crippen LogP contribution in [0.5, 0.6) is 0 Å². The Morgan fingerprint density at radius 2 is 1.95 bits per heavy atom. The number of ether oxygens (including phenoxy) is 1. The van der Waals surface area contributed by atoms with Crippen LogP contribution in [-0.2, 0) is 14.3 Å². The number of carboxylic acid groups (broad SMARTS) is 1. The highest BCUT2D eigenvalue weighted by molar-refractivity contribution is 5.82. The first-order chi connectivity index (χ1) is 9.10. The fourth-order valence-electron chi connectivity index (χ4n) is 1.83. The molecule has 5 heteroatoms. The summed E-state index contributed by atoms with van der Waals surface area (Å²) in [5, 5.41) is 8.68. The van der Waals surface area contributed by atoms with Gasteiger partial charge in [-0.2, -0.15) is 0 Å². The fraction of sp³-hybridized carbons (Fsp3) is 0.429. The summed E-state index contributed by atoms with van der Waals surface area (Å²) in [6, 6.07) is 9.17. The van der Waals surface area contributed by atoms with Crippen molar-refractivity contribution < 1.29 is 19.4 Å². The predicted molar refractivity (Wildman–Crippen MR) is 70.7 cm³/mol. The number of carbonyl (C=O) groups is 2. The van der Waals surface area contributed by atoms with Crippen LogP contribution in [0.25, 0.3) is 0 Å². The summed E-state index contributed by atoms with van der Waals surface area (Å²) < 4.78 is 5.25. The topological polar surface area (TPSA) is 66.8 Å². The van der Waals surface area contributed by atoms with E-state index < -0.39 is 12.1 Å². The highest BCUT2D eigenvalue weighted by atomic mass is 16.5. The van der Waals surface area contributed by atoms with E-state index in [1.54, 1.807) is 0 Å². The van der Waals surface area contributed by atoms with Crippen molar-refractivity contribution in [3.8, 4) is 0 Å². The van der Waals surface area contributed by atoms with Crippen LogP contribution in [0.4, 0.5) is 0 Å². The molecular formula is C14H19NO4. The molecule has 1 unspecified atom stereocenters. The molecule has 0 saturated heterocycles. The van der Waals surface area contributed by atoms with Gasteiger partial charge in [-0.1, -0.05) is 30.3 Å². The zero-order valence-corrected chi connectivity index (χ0v) is 11.2. The molecule has 1 amide bonds. The molecule has 1 atom stereocenters. The lowest BCUT2D eigenvalue weighted by Gasteiger charge is -2.25. The summed E-state index contributed by atoms with van der Waals surface area (Å²) in [6.07, 6.45) is -0.750. The van der Waals surface area contributed by atoms with Gasteiger partial charge in [-0.25, -0.2) is 0 Å². The Balaban J connectivity index is 2.79. The Kier molecular flexibility index (Phi) is 6.02. The van der Waals surface area contributed by atoms with Crippen molar-refractivity contribution in [1.29, 1.82) is 0 Å². The van der Waals surface area contributed by atoms with Crippen molar-refractivity contribution in [1.82, 2.24) is 4.90 Å². The van der Waals surface area contributed by atoms with Gasteiger partial charge in [0, 0.05) is 20.2 Å². The lowest BCUT2D eigenvalue weighted by atomic mass is 10.1. The molecule has 1 N–H and O–H groups in total. The lowest BCUT2D eigenvalue weighted by molar-refractivity contribution is -0.143. The summed E-state index contributed by atoms with van der Waals surface area (Å²) in [6.45, 7) is 2.47. The van der Waals surface area contributed by atoms with E-state index in [2.05, 4.69) is 0 Å². The first kappa shape index (κ1) is 15.2. The van der Waals surface area contributed by atoms with Crippen LogP contribution in [0, 0.1) is 0 Å². The van der Waals surface area contributed by atoms with Crippen LogP contribution >= 0.6 is 0 Å². The molecule has 1 rings (SSSR count). The molecule has 0 aliphatic rings. The molecule has 104 valence electrons. The average Bonchev–Trinajstić information content (AvgIpc) is 2.41. The number of nitrogens with zero attached hydrogens (tertiary/aromatic N) is 1. The molecular weight excluding hydrogens is 246 g/mol. The molecule has 19 heavy (non-hydrogen) atoms. The molecule has 0 heterocycles. The van der Waals surface area contributed by atoms with Gasteiger partial charge >= 0.3 is 5.97 Å². The Morgan fingerprint density at radius 3 is 2.42 bits per heavy atom. The summed E-state index contributed by atoms with van der Waals surface area (Å²) in [5.41, 5.74) is 0.767. The summed E-state index contributed by atoms with van der Waals surface area (Å²) in [7, 11) is 1.47. The van der Waals surface area contributed by atoms with Crippen molar-refractivity contribution in [2.24, 2.45) is 0 Å². The highest BCUT2D eigenvalue weighted by Gasteiger charge is 2.24. The molecule has 0 radical (unpaired) electrons. The van der Waals surface area contributed by atoms with Crippen molar-refractivity contribution in [2.45, 2.75) is 19.4 Å². The minimum absolute atomic E-state index is 0.0647. The third kappa shape index (κ3) is 4.37. The van der Waals surface area contributed by atoms with E-state index in [0.717, 1.165) is 5.56 Å². The second kappa shape index (κ2) is 7.53. The third-order valence-corrected chi connectivity index (χ3v) is 2.85. The van der Waals surface area contributed by atoms with Gasteiger partial charge in [0.25, 0.3) is 5.91 Å². The van der Waals surface area contributed by atoms with Crippen LogP contribution < -0.4 is 0 Å². The molecule has 1 aromatic carbocycles. The van der Waals surface area contributed by atoms with Crippen LogP contribution in [0.15, 0.2) is 30.3 Å². The van der Waals surface area contributed by atoms with Crippen molar-refractivity contribution in [2.75, 3.05) is 20.2 Å². The molecule has 0 aliphatic heterocycles. The van der Waals surface area contributed by atoms with E-state index in [0.29, 0.717) is 6.54 Å². The SMILES string of the molecule is CCN(CCC(=O)O)C(=O)C(OC)c1ccccc1. The minimum atomic E-state index is -0.917. The normalized spacial score (nSPS) is 11.9. The number of amides is 1. The Labute approximate surface area is 112 Å². The first-order valence-corrected chi connectivity index (χ1v) is 6.18. The lowest BCUT2D eigenvalue weighted by Crippen LogP contribution is -2.37. The van der Waals surface area contributed by atoms with Gasteiger partial charge in [-0.05, 0) is 12.5 Å². The van der Waals surface area contributed by atoms with Crippen molar-refractivity contribution >= 4 is 11.9 Å². The number of hydrogen-bond donors (Lipinski definition) is 1. The van der Waals surface area contributed by atoms with Crippen molar-refractivity contribution in [3.63, 3.8) is 0 Å². The molecule has 0 aliphatic carbocycles. The number of carbonyl (C=O) groups excluding carboxylic acids is 1. The van der Waals surface area contributed by atoms with Crippen molar-refractivity contribution in [3.05, 3.63) is 35.9 Å². The molecule has 0 fully saturated rings. The first-order valence-electron chi connectivity index (χ1n) is 6.18.